The van der Waals surface area contributed by atoms with Crippen LogP contribution in [0.25, 0.3) is 6.08 Å². The maximum atomic E-state index is 13.0. The van der Waals surface area contributed by atoms with Gasteiger partial charge in [0.1, 0.15) is 12.4 Å². The number of carboxylic acids is 1. The van der Waals surface area contributed by atoms with Crippen LogP contribution in [-0.4, -0.2) is 38.5 Å². The molecule has 1 heterocycles. The number of amidine groups is 1. The van der Waals surface area contributed by atoms with Gasteiger partial charge in [-0.3, -0.25) is 19.8 Å². The zero-order valence-corrected chi connectivity index (χ0v) is 21.9. The molecule has 1 fully saturated rings. The number of aliphatic imine (C=N–C) groups is 1. The van der Waals surface area contributed by atoms with Crippen molar-refractivity contribution in [2.24, 2.45) is 4.99 Å². The lowest BCUT2D eigenvalue weighted by molar-refractivity contribution is -0.384. The number of ether oxygens (including phenoxy) is 1. The van der Waals surface area contributed by atoms with Crippen molar-refractivity contribution in [1.82, 2.24) is 4.90 Å². The minimum atomic E-state index is -1.05. The first-order valence-corrected chi connectivity index (χ1v) is 12.6. The van der Waals surface area contributed by atoms with Crippen molar-refractivity contribution in [3.05, 3.63) is 103 Å². The van der Waals surface area contributed by atoms with Crippen LogP contribution < -0.4 is 4.74 Å². The average Bonchev–Trinajstić information content (AvgIpc) is 3.17. The third-order valence-corrected chi connectivity index (χ3v) is 6.92. The van der Waals surface area contributed by atoms with Crippen LogP contribution in [0, 0.1) is 10.1 Å². The third-order valence-electron chi connectivity index (χ3n) is 5.29. The first-order chi connectivity index (χ1) is 17.7. The second-order valence-electron chi connectivity index (χ2n) is 7.82. The molecule has 9 nitrogen and oxygen atoms in total. The van der Waals surface area contributed by atoms with E-state index >= 15 is 0 Å². The van der Waals surface area contributed by atoms with E-state index in [9.17, 15) is 24.8 Å². The molecule has 0 aliphatic carbocycles. The van der Waals surface area contributed by atoms with E-state index in [-0.39, 0.29) is 23.8 Å². The highest BCUT2D eigenvalue weighted by molar-refractivity contribution is 9.10. The molecule has 1 N–H and O–H groups in total. The number of nitro groups is 1. The predicted octanol–water partition coefficient (Wildman–Crippen LogP) is 6.26. The number of likely N-dealkylation sites (N-methyl/N-ethyl adjacent to an activating group) is 1. The molecule has 0 atom stereocenters. The maximum absolute atomic E-state index is 13.0. The largest absolute Gasteiger partial charge is 0.488 e. The van der Waals surface area contributed by atoms with Gasteiger partial charge in [0.05, 0.1) is 25.6 Å². The Hall–Kier alpha value is -3.96. The highest BCUT2D eigenvalue weighted by Gasteiger charge is 2.32. The number of nitro benzene ring substituents is 1. The number of carbonyl (C=O) groups excluding carboxylic acids is 1. The van der Waals surface area contributed by atoms with E-state index in [1.165, 1.54) is 40.9 Å². The summed E-state index contributed by atoms with van der Waals surface area (Å²) in [6.07, 6.45) is 1.75. The minimum Gasteiger partial charge on any atom is -0.488 e. The van der Waals surface area contributed by atoms with Gasteiger partial charge in [0.15, 0.2) is 5.17 Å². The van der Waals surface area contributed by atoms with Crippen LogP contribution in [0.2, 0.25) is 0 Å². The third kappa shape index (κ3) is 6.25. The molecule has 1 amide bonds. The molecule has 3 aromatic rings. The first-order valence-electron chi connectivity index (χ1n) is 11.0. The Morgan fingerprint density at radius 3 is 2.68 bits per heavy atom. The van der Waals surface area contributed by atoms with E-state index in [0.717, 1.165) is 5.56 Å². The van der Waals surface area contributed by atoms with Crippen molar-refractivity contribution in [2.75, 3.05) is 6.54 Å². The van der Waals surface area contributed by atoms with Crippen LogP contribution in [0.4, 0.5) is 11.4 Å². The molecular formula is C26H20BrN3O6S. The topological polar surface area (TPSA) is 122 Å². The van der Waals surface area contributed by atoms with E-state index in [1.807, 2.05) is 13.0 Å². The summed E-state index contributed by atoms with van der Waals surface area (Å²) in [7, 11) is 0. The molecule has 0 saturated carbocycles. The summed E-state index contributed by atoms with van der Waals surface area (Å²) in [5.74, 6) is -0.689. The fourth-order valence-corrected chi connectivity index (χ4v) is 5.06. The number of benzene rings is 3. The predicted molar refractivity (Wildman–Crippen MR) is 145 cm³/mol. The number of hydrogen-bond donors (Lipinski definition) is 1. The fraction of sp³-hybridized carbons (Fsp3) is 0.115. The number of rotatable bonds is 8. The molecule has 0 aromatic heterocycles. The summed E-state index contributed by atoms with van der Waals surface area (Å²) in [5.41, 5.74) is 1.99. The van der Waals surface area contributed by atoms with Gasteiger partial charge in [0.25, 0.3) is 11.6 Å². The number of nitrogens with zero attached hydrogens (tertiary/aromatic N) is 3. The van der Waals surface area contributed by atoms with Gasteiger partial charge in [0, 0.05) is 18.7 Å². The zero-order chi connectivity index (χ0) is 26.5. The summed E-state index contributed by atoms with van der Waals surface area (Å²) in [5, 5.41) is 20.7. The standard InChI is InChI=1S/C26H20BrN3O6S/c1-2-29-24(31)23(37-26(29)28-19-7-4-6-18(14-19)25(32)33)13-16-9-10-22(21(27)12-16)36-15-17-5-3-8-20(11-17)30(34)35/h3-14H,2,15H2,1H3,(H,32,33). The SMILES string of the molecule is CCN1C(=O)C(=Cc2ccc(OCc3cccc([N+](=O)[O-])c3)c(Br)c2)SC1=Nc1cccc(C(=O)O)c1. The Morgan fingerprint density at radius 2 is 1.97 bits per heavy atom. The normalized spacial score (nSPS) is 15.4. The van der Waals surface area contributed by atoms with E-state index in [1.54, 1.807) is 42.5 Å². The summed E-state index contributed by atoms with van der Waals surface area (Å²) < 4.78 is 6.48. The monoisotopic (exact) mass is 581 g/mol. The zero-order valence-electron chi connectivity index (χ0n) is 19.5. The van der Waals surface area contributed by atoms with Crippen LogP contribution in [-0.2, 0) is 11.4 Å². The Morgan fingerprint density at radius 1 is 1.19 bits per heavy atom. The van der Waals surface area contributed by atoms with Crippen LogP contribution in [0.1, 0.15) is 28.4 Å². The van der Waals surface area contributed by atoms with Crippen molar-refractivity contribution >= 4 is 62.2 Å². The lowest BCUT2D eigenvalue weighted by Crippen LogP contribution is -2.28. The Labute approximate surface area is 224 Å². The van der Waals surface area contributed by atoms with Crippen LogP contribution in [0.5, 0.6) is 5.75 Å². The molecule has 0 spiro atoms. The van der Waals surface area contributed by atoms with E-state index < -0.39 is 10.9 Å². The van der Waals surface area contributed by atoms with Gasteiger partial charge in [-0.15, -0.1) is 0 Å². The first kappa shape index (κ1) is 26.1. The number of halogens is 1. The number of carboxylic acid groups (broad SMARTS) is 1. The Balaban J connectivity index is 1.51. The highest BCUT2D eigenvalue weighted by atomic mass is 79.9. The van der Waals surface area contributed by atoms with E-state index in [0.29, 0.717) is 38.1 Å². The molecular weight excluding hydrogens is 562 g/mol. The molecule has 1 saturated heterocycles. The molecule has 0 unspecified atom stereocenters. The quantitative estimate of drug-likeness (QED) is 0.189. The van der Waals surface area contributed by atoms with Crippen molar-refractivity contribution in [3.8, 4) is 5.75 Å². The van der Waals surface area contributed by atoms with Crippen molar-refractivity contribution in [2.45, 2.75) is 13.5 Å². The summed E-state index contributed by atoms with van der Waals surface area (Å²) >= 11 is 4.70. The number of carbonyl (C=O) groups is 2. The van der Waals surface area contributed by atoms with Gasteiger partial charge < -0.3 is 9.84 Å². The van der Waals surface area contributed by atoms with Gasteiger partial charge in [-0.05, 0) is 82.2 Å². The minimum absolute atomic E-state index is 0.000471. The lowest BCUT2D eigenvalue weighted by atomic mass is 10.2. The molecule has 11 heteroatoms. The van der Waals surface area contributed by atoms with E-state index in [4.69, 9.17) is 4.74 Å². The molecule has 4 rings (SSSR count). The summed E-state index contributed by atoms with van der Waals surface area (Å²) in [6.45, 7) is 2.41. The molecule has 188 valence electrons. The smallest absolute Gasteiger partial charge is 0.335 e. The van der Waals surface area contributed by atoms with Gasteiger partial charge in [0.2, 0.25) is 0 Å². The molecule has 0 bridgehead atoms. The lowest BCUT2D eigenvalue weighted by Gasteiger charge is -2.12. The van der Waals surface area contributed by atoms with Crippen molar-refractivity contribution < 1.29 is 24.4 Å². The Bertz CT molecular complexity index is 1460. The van der Waals surface area contributed by atoms with Crippen LogP contribution in [0.15, 0.2) is 81.1 Å². The van der Waals surface area contributed by atoms with Crippen molar-refractivity contribution in [3.63, 3.8) is 0 Å². The van der Waals surface area contributed by atoms with Gasteiger partial charge in [-0.25, -0.2) is 9.79 Å². The number of aromatic carboxylic acids is 1. The summed E-state index contributed by atoms with van der Waals surface area (Å²) in [4.78, 5) is 41.3. The fourth-order valence-electron chi connectivity index (χ4n) is 3.49. The van der Waals surface area contributed by atoms with E-state index in [2.05, 4.69) is 20.9 Å². The summed E-state index contributed by atoms with van der Waals surface area (Å²) in [6, 6.07) is 17.8. The Kier molecular flexibility index (Phi) is 8.04. The number of thioether (sulfide) groups is 1. The molecule has 1 aliphatic heterocycles. The van der Waals surface area contributed by atoms with Crippen LogP contribution in [0.3, 0.4) is 0 Å². The van der Waals surface area contributed by atoms with Crippen molar-refractivity contribution in [1.29, 1.82) is 0 Å². The van der Waals surface area contributed by atoms with Gasteiger partial charge >= 0.3 is 5.97 Å². The molecule has 1 aliphatic rings. The van der Waals surface area contributed by atoms with Gasteiger partial charge in [-0.1, -0.05) is 24.3 Å². The number of non-ortho nitro benzene ring substituents is 1. The highest BCUT2D eigenvalue weighted by Crippen LogP contribution is 2.35. The average molecular weight is 582 g/mol. The number of amides is 1. The molecule has 37 heavy (non-hydrogen) atoms. The maximum Gasteiger partial charge on any atom is 0.335 e. The van der Waals surface area contributed by atoms with Gasteiger partial charge in [-0.2, -0.15) is 0 Å². The molecule has 0 radical (unpaired) electrons. The second kappa shape index (κ2) is 11.4. The molecule has 3 aromatic carbocycles. The number of hydrogen-bond acceptors (Lipinski definition) is 7. The second-order valence-corrected chi connectivity index (χ2v) is 9.68. The van der Waals surface area contributed by atoms with Crippen LogP contribution >= 0.6 is 27.7 Å².